The highest BCUT2D eigenvalue weighted by Gasteiger charge is 2.32. The first-order valence-electron chi connectivity index (χ1n) is 13.0. The van der Waals surface area contributed by atoms with Crippen LogP contribution in [-0.2, 0) is 26.2 Å². The zero-order valence-electron chi connectivity index (χ0n) is 23.4. The molecule has 10 heteroatoms. The molecule has 0 spiro atoms. The van der Waals surface area contributed by atoms with Crippen LogP contribution in [0.5, 0.6) is 5.75 Å². The molecule has 3 rings (SSSR count). The molecule has 2 amide bonds. The third-order valence-corrected chi connectivity index (χ3v) is 8.37. The third-order valence-electron chi connectivity index (χ3n) is 6.34. The Morgan fingerprint density at radius 1 is 0.975 bits per heavy atom. The second kappa shape index (κ2) is 13.7. The van der Waals surface area contributed by atoms with E-state index in [4.69, 9.17) is 16.3 Å². The second-order valence-electron chi connectivity index (χ2n) is 9.99. The smallest absolute Gasteiger partial charge is 0.264 e. The summed E-state index contributed by atoms with van der Waals surface area (Å²) in [4.78, 5) is 28.4. The van der Waals surface area contributed by atoms with E-state index in [0.29, 0.717) is 22.9 Å². The first kappa shape index (κ1) is 31.0. The summed E-state index contributed by atoms with van der Waals surface area (Å²) >= 11 is 6.18. The van der Waals surface area contributed by atoms with Gasteiger partial charge >= 0.3 is 0 Å². The zero-order valence-corrected chi connectivity index (χ0v) is 25.0. The number of halogens is 1. The van der Waals surface area contributed by atoms with E-state index >= 15 is 0 Å². The fourth-order valence-corrected chi connectivity index (χ4v) is 5.61. The SMILES string of the molecule is COc1ccc(N(CC(=O)N(Cc2cccc(Cl)c2)[C@@H](C)C(=O)NCC(C)C)S(=O)(=O)c2ccc(C)cc2)cc1. The lowest BCUT2D eigenvalue weighted by Crippen LogP contribution is -2.51. The number of anilines is 1. The summed E-state index contributed by atoms with van der Waals surface area (Å²) in [5.41, 5.74) is 1.90. The van der Waals surface area contributed by atoms with Crippen molar-refractivity contribution in [1.29, 1.82) is 0 Å². The van der Waals surface area contributed by atoms with Gasteiger partial charge in [-0.1, -0.05) is 55.3 Å². The summed E-state index contributed by atoms with van der Waals surface area (Å²) in [6, 6.07) is 19.0. The van der Waals surface area contributed by atoms with Gasteiger partial charge in [0.1, 0.15) is 18.3 Å². The molecule has 0 bridgehead atoms. The van der Waals surface area contributed by atoms with Gasteiger partial charge in [0.05, 0.1) is 17.7 Å². The Bertz CT molecular complexity index is 1410. The lowest BCUT2D eigenvalue weighted by atomic mass is 10.1. The number of rotatable bonds is 12. The van der Waals surface area contributed by atoms with Crippen molar-refractivity contribution in [3.63, 3.8) is 0 Å². The summed E-state index contributed by atoms with van der Waals surface area (Å²) in [6.45, 7) is 7.43. The van der Waals surface area contributed by atoms with Gasteiger partial charge in [-0.3, -0.25) is 13.9 Å². The number of benzene rings is 3. The molecule has 3 aromatic carbocycles. The number of sulfonamides is 1. The number of nitrogens with one attached hydrogen (secondary N) is 1. The summed E-state index contributed by atoms with van der Waals surface area (Å²) in [5, 5.41) is 3.36. The Morgan fingerprint density at radius 2 is 1.62 bits per heavy atom. The molecule has 3 aromatic rings. The number of carbonyl (C=O) groups excluding carboxylic acids is 2. The van der Waals surface area contributed by atoms with Crippen molar-refractivity contribution < 1.29 is 22.7 Å². The van der Waals surface area contributed by atoms with Gasteiger partial charge in [0, 0.05) is 18.1 Å². The number of nitrogens with zero attached hydrogens (tertiary/aromatic N) is 2. The molecule has 8 nitrogen and oxygen atoms in total. The number of amides is 2. The Labute approximate surface area is 241 Å². The maximum atomic E-state index is 13.9. The Kier molecular flexibility index (Phi) is 10.6. The molecule has 214 valence electrons. The Balaban J connectivity index is 2.02. The van der Waals surface area contributed by atoms with E-state index in [1.54, 1.807) is 67.6 Å². The topological polar surface area (TPSA) is 96.0 Å². The molecule has 0 aliphatic rings. The molecule has 0 heterocycles. The lowest BCUT2D eigenvalue weighted by molar-refractivity contribution is -0.139. The molecule has 0 aromatic heterocycles. The van der Waals surface area contributed by atoms with Gasteiger partial charge in [-0.2, -0.15) is 0 Å². The summed E-state index contributed by atoms with van der Waals surface area (Å²) in [6.07, 6.45) is 0. The van der Waals surface area contributed by atoms with Crippen LogP contribution >= 0.6 is 11.6 Å². The van der Waals surface area contributed by atoms with Crippen molar-refractivity contribution in [2.45, 2.75) is 45.2 Å². The van der Waals surface area contributed by atoms with Gasteiger partial charge in [-0.15, -0.1) is 0 Å². The van der Waals surface area contributed by atoms with Crippen molar-refractivity contribution in [2.24, 2.45) is 5.92 Å². The maximum Gasteiger partial charge on any atom is 0.264 e. The van der Waals surface area contributed by atoms with Crippen LogP contribution < -0.4 is 14.4 Å². The molecule has 0 radical (unpaired) electrons. The van der Waals surface area contributed by atoms with E-state index < -0.39 is 28.5 Å². The van der Waals surface area contributed by atoms with Gasteiger partial charge in [0.2, 0.25) is 11.8 Å². The van der Waals surface area contributed by atoms with Crippen molar-refractivity contribution in [1.82, 2.24) is 10.2 Å². The molecule has 0 saturated carbocycles. The third kappa shape index (κ3) is 7.99. The Morgan fingerprint density at radius 3 is 2.20 bits per heavy atom. The van der Waals surface area contributed by atoms with Crippen LogP contribution in [0.1, 0.15) is 31.9 Å². The van der Waals surface area contributed by atoms with Crippen molar-refractivity contribution in [2.75, 3.05) is 24.5 Å². The highest BCUT2D eigenvalue weighted by molar-refractivity contribution is 7.92. The minimum absolute atomic E-state index is 0.0471. The molecular formula is C30H36ClN3O5S. The predicted octanol–water partition coefficient (Wildman–Crippen LogP) is 5.04. The average molecular weight is 586 g/mol. The molecule has 40 heavy (non-hydrogen) atoms. The van der Waals surface area contributed by atoms with Crippen molar-refractivity contribution >= 4 is 39.1 Å². The van der Waals surface area contributed by atoms with E-state index in [9.17, 15) is 18.0 Å². The van der Waals surface area contributed by atoms with Crippen LogP contribution in [-0.4, -0.2) is 51.4 Å². The molecule has 0 saturated heterocycles. The zero-order chi connectivity index (χ0) is 29.4. The summed E-state index contributed by atoms with van der Waals surface area (Å²) < 4.78 is 34.0. The standard InChI is InChI=1S/C30H36ClN3O5S/c1-21(2)18-32-30(36)23(4)33(19-24-7-6-8-25(31)17-24)29(35)20-34(26-11-13-27(39-5)14-12-26)40(37,38)28-15-9-22(3)10-16-28/h6-17,21,23H,18-20H2,1-5H3,(H,32,36)/t23-/m0/s1. The number of hydrogen-bond donors (Lipinski definition) is 1. The van der Waals surface area contributed by atoms with E-state index in [0.717, 1.165) is 9.87 Å². The number of methoxy groups -OCH3 is 1. The number of ether oxygens (including phenoxy) is 1. The van der Waals surface area contributed by atoms with E-state index in [1.165, 1.54) is 24.1 Å². The highest BCUT2D eigenvalue weighted by Crippen LogP contribution is 2.27. The monoisotopic (exact) mass is 585 g/mol. The van der Waals surface area contributed by atoms with Crippen LogP contribution in [0.15, 0.2) is 77.7 Å². The normalized spacial score (nSPS) is 12.1. The average Bonchev–Trinajstić information content (AvgIpc) is 2.93. The Hall–Kier alpha value is -3.56. The number of hydrogen-bond acceptors (Lipinski definition) is 5. The minimum Gasteiger partial charge on any atom is -0.497 e. The molecule has 0 aliphatic carbocycles. The van der Waals surface area contributed by atoms with Crippen LogP contribution in [0.3, 0.4) is 0 Å². The molecule has 0 aliphatic heterocycles. The predicted molar refractivity (Wildman–Crippen MR) is 158 cm³/mol. The molecule has 0 fully saturated rings. The van der Waals surface area contributed by atoms with Crippen LogP contribution in [0.2, 0.25) is 5.02 Å². The van der Waals surface area contributed by atoms with Gasteiger partial charge in [-0.25, -0.2) is 8.42 Å². The molecular weight excluding hydrogens is 550 g/mol. The minimum atomic E-state index is -4.14. The number of aryl methyl sites for hydroxylation is 1. The maximum absolute atomic E-state index is 13.9. The van der Waals surface area contributed by atoms with Gasteiger partial charge < -0.3 is 15.0 Å². The molecule has 1 N–H and O–H groups in total. The van der Waals surface area contributed by atoms with E-state index in [1.807, 2.05) is 20.8 Å². The largest absolute Gasteiger partial charge is 0.497 e. The van der Waals surface area contributed by atoms with Crippen molar-refractivity contribution in [3.8, 4) is 5.75 Å². The summed E-state index contributed by atoms with van der Waals surface area (Å²) in [5.74, 6) is -0.112. The highest BCUT2D eigenvalue weighted by atomic mass is 35.5. The second-order valence-corrected chi connectivity index (χ2v) is 12.3. The van der Waals surface area contributed by atoms with Crippen LogP contribution in [0.25, 0.3) is 0 Å². The fraction of sp³-hybridized carbons (Fsp3) is 0.333. The van der Waals surface area contributed by atoms with E-state index in [2.05, 4.69) is 5.32 Å². The van der Waals surface area contributed by atoms with Gasteiger partial charge in [0.25, 0.3) is 10.0 Å². The van der Waals surface area contributed by atoms with Crippen LogP contribution in [0.4, 0.5) is 5.69 Å². The quantitative estimate of drug-likeness (QED) is 0.321. The first-order valence-corrected chi connectivity index (χ1v) is 14.8. The first-order chi connectivity index (χ1) is 18.9. The summed E-state index contributed by atoms with van der Waals surface area (Å²) in [7, 11) is -2.63. The van der Waals surface area contributed by atoms with Crippen molar-refractivity contribution in [3.05, 3.63) is 88.9 Å². The number of carbonyl (C=O) groups is 2. The lowest BCUT2D eigenvalue weighted by Gasteiger charge is -2.32. The molecule has 0 unspecified atom stereocenters. The van der Waals surface area contributed by atoms with Gasteiger partial charge in [0.15, 0.2) is 0 Å². The fourth-order valence-electron chi connectivity index (χ4n) is 3.98. The van der Waals surface area contributed by atoms with Gasteiger partial charge in [-0.05, 0) is 73.9 Å². The van der Waals surface area contributed by atoms with E-state index in [-0.39, 0.29) is 29.0 Å². The molecule has 1 atom stereocenters. The van der Waals surface area contributed by atoms with Crippen LogP contribution in [0, 0.1) is 12.8 Å².